The largest absolute Gasteiger partial charge is 0.504 e. The lowest BCUT2D eigenvalue weighted by Crippen LogP contribution is -2.14. The summed E-state index contributed by atoms with van der Waals surface area (Å²) in [6.45, 7) is 0. The molecule has 0 fully saturated rings. The summed E-state index contributed by atoms with van der Waals surface area (Å²) in [5.74, 6) is 1.46. The average molecular weight is 271 g/mol. The molecule has 2 aliphatic rings. The molecule has 1 N–H and O–H groups in total. The Balaban J connectivity index is 1.90. The minimum absolute atomic E-state index is 0.0496. The SMILES string of the molecule is COc1cc(C2=CCC3=C(N=CCC3=O)O2)ccc1O. The van der Waals surface area contributed by atoms with Crippen LogP contribution in [0.4, 0.5) is 0 Å². The second-order valence-electron chi connectivity index (χ2n) is 4.48. The van der Waals surface area contributed by atoms with E-state index in [1.165, 1.54) is 13.2 Å². The Kier molecular flexibility index (Phi) is 3.02. The first-order chi connectivity index (χ1) is 9.69. The third-order valence-corrected chi connectivity index (χ3v) is 3.24. The molecule has 2 heterocycles. The van der Waals surface area contributed by atoms with Crippen LogP contribution in [0.5, 0.6) is 11.5 Å². The van der Waals surface area contributed by atoms with Gasteiger partial charge in [-0.15, -0.1) is 0 Å². The molecule has 0 unspecified atom stereocenters. The number of nitrogens with zero attached hydrogens (tertiary/aromatic N) is 1. The predicted octanol–water partition coefficient (Wildman–Crippen LogP) is 2.42. The Morgan fingerprint density at radius 1 is 1.35 bits per heavy atom. The van der Waals surface area contributed by atoms with Crippen LogP contribution in [0, 0.1) is 0 Å². The highest BCUT2D eigenvalue weighted by molar-refractivity contribution is 6.06. The number of Topliss-reactive ketones (excluding diaryl/α,β-unsaturated/α-hetero) is 1. The van der Waals surface area contributed by atoms with Crippen molar-refractivity contribution in [1.29, 1.82) is 0 Å². The Labute approximate surface area is 115 Å². The van der Waals surface area contributed by atoms with Crippen LogP contribution in [0.25, 0.3) is 5.76 Å². The molecule has 0 radical (unpaired) electrons. The van der Waals surface area contributed by atoms with Gasteiger partial charge in [-0.1, -0.05) is 0 Å². The van der Waals surface area contributed by atoms with Gasteiger partial charge in [-0.05, 0) is 24.3 Å². The van der Waals surface area contributed by atoms with Crippen LogP contribution < -0.4 is 4.74 Å². The lowest BCUT2D eigenvalue weighted by atomic mass is 10.0. The monoisotopic (exact) mass is 271 g/mol. The van der Waals surface area contributed by atoms with Crippen LogP contribution in [0.3, 0.4) is 0 Å². The second kappa shape index (κ2) is 4.85. The molecule has 1 aromatic rings. The Morgan fingerprint density at radius 3 is 3.00 bits per heavy atom. The van der Waals surface area contributed by atoms with Crippen molar-refractivity contribution in [2.45, 2.75) is 12.8 Å². The summed E-state index contributed by atoms with van der Waals surface area (Å²) in [5.41, 5.74) is 1.38. The van der Waals surface area contributed by atoms with Crippen molar-refractivity contribution >= 4 is 17.8 Å². The molecular formula is C15H13NO4. The number of carbonyl (C=O) groups is 1. The predicted molar refractivity (Wildman–Crippen MR) is 73.5 cm³/mol. The van der Waals surface area contributed by atoms with E-state index >= 15 is 0 Å². The number of allylic oxidation sites excluding steroid dienone is 2. The number of aromatic hydroxyl groups is 1. The van der Waals surface area contributed by atoms with Crippen molar-refractivity contribution in [3.8, 4) is 11.5 Å². The summed E-state index contributed by atoms with van der Waals surface area (Å²) in [6, 6.07) is 4.95. The fourth-order valence-electron chi connectivity index (χ4n) is 2.17. The maximum Gasteiger partial charge on any atom is 0.226 e. The molecule has 0 saturated carbocycles. The van der Waals surface area contributed by atoms with E-state index in [0.717, 1.165) is 5.56 Å². The van der Waals surface area contributed by atoms with Crippen LogP contribution in [0.1, 0.15) is 18.4 Å². The number of carbonyl (C=O) groups excluding carboxylic acids is 1. The van der Waals surface area contributed by atoms with Gasteiger partial charge in [-0.25, -0.2) is 4.99 Å². The van der Waals surface area contributed by atoms with Crippen LogP contribution >= 0.6 is 0 Å². The Hall–Kier alpha value is -2.56. The van der Waals surface area contributed by atoms with Gasteiger partial charge >= 0.3 is 0 Å². The van der Waals surface area contributed by atoms with Gasteiger partial charge in [-0.2, -0.15) is 0 Å². The molecule has 0 amide bonds. The molecule has 20 heavy (non-hydrogen) atoms. The Bertz CT molecular complexity index is 670. The molecule has 2 aliphatic heterocycles. The van der Waals surface area contributed by atoms with Crippen molar-refractivity contribution in [1.82, 2.24) is 0 Å². The summed E-state index contributed by atoms with van der Waals surface area (Å²) in [4.78, 5) is 15.8. The summed E-state index contributed by atoms with van der Waals surface area (Å²) in [5, 5.41) is 9.59. The molecule has 0 saturated heterocycles. The lowest BCUT2D eigenvalue weighted by Gasteiger charge is -2.20. The van der Waals surface area contributed by atoms with Crippen LogP contribution in [-0.2, 0) is 9.53 Å². The molecular weight excluding hydrogens is 258 g/mol. The van der Waals surface area contributed by atoms with Crippen LogP contribution in [-0.4, -0.2) is 24.2 Å². The average Bonchev–Trinajstić information content (AvgIpc) is 2.47. The number of phenolic OH excluding ortho intramolecular Hbond substituents is 1. The number of phenols is 1. The molecule has 3 rings (SSSR count). The summed E-state index contributed by atoms with van der Waals surface area (Å²) in [7, 11) is 1.49. The highest BCUT2D eigenvalue weighted by Gasteiger charge is 2.24. The van der Waals surface area contributed by atoms with E-state index in [1.807, 2.05) is 6.08 Å². The van der Waals surface area contributed by atoms with Gasteiger partial charge in [0.1, 0.15) is 5.76 Å². The van der Waals surface area contributed by atoms with Crippen molar-refractivity contribution in [3.05, 3.63) is 41.3 Å². The first-order valence-corrected chi connectivity index (χ1v) is 6.23. The minimum atomic E-state index is 0.0496. The van der Waals surface area contributed by atoms with E-state index in [4.69, 9.17) is 9.47 Å². The van der Waals surface area contributed by atoms with E-state index in [0.29, 0.717) is 35.8 Å². The van der Waals surface area contributed by atoms with Gasteiger partial charge in [0.25, 0.3) is 0 Å². The third-order valence-electron chi connectivity index (χ3n) is 3.24. The molecule has 5 heteroatoms. The van der Waals surface area contributed by atoms with E-state index < -0.39 is 0 Å². The molecule has 0 aromatic heterocycles. The van der Waals surface area contributed by atoms with E-state index in [1.54, 1.807) is 18.3 Å². The zero-order chi connectivity index (χ0) is 14.1. The third kappa shape index (κ3) is 2.07. The number of ether oxygens (including phenoxy) is 2. The van der Waals surface area contributed by atoms with Crippen molar-refractivity contribution in [2.24, 2.45) is 4.99 Å². The quantitative estimate of drug-likeness (QED) is 0.897. The maximum atomic E-state index is 11.7. The highest BCUT2D eigenvalue weighted by atomic mass is 16.5. The Morgan fingerprint density at radius 2 is 2.20 bits per heavy atom. The zero-order valence-electron chi connectivity index (χ0n) is 10.9. The summed E-state index contributed by atoms with van der Waals surface area (Å²) >= 11 is 0. The van der Waals surface area contributed by atoms with Crippen molar-refractivity contribution in [2.75, 3.05) is 7.11 Å². The lowest BCUT2D eigenvalue weighted by molar-refractivity contribution is -0.114. The maximum absolute atomic E-state index is 11.7. The molecule has 0 aliphatic carbocycles. The standard InChI is InChI=1S/C15H13NO4/c1-19-14-8-9(2-4-12(14)18)13-5-3-10-11(17)6-7-16-15(10)20-13/h2,4-5,7-8,18H,3,6H2,1H3. The second-order valence-corrected chi connectivity index (χ2v) is 4.48. The number of hydrogen-bond donors (Lipinski definition) is 1. The first-order valence-electron chi connectivity index (χ1n) is 6.23. The normalized spacial score (nSPS) is 17.4. The number of ketones is 1. The number of methoxy groups -OCH3 is 1. The topological polar surface area (TPSA) is 68.1 Å². The van der Waals surface area contributed by atoms with Gasteiger partial charge in [0, 0.05) is 24.6 Å². The highest BCUT2D eigenvalue weighted by Crippen LogP contribution is 2.35. The number of aliphatic imine (C=N–C) groups is 1. The van der Waals surface area contributed by atoms with Crippen LogP contribution in [0.15, 0.2) is 40.7 Å². The van der Waals surface area contributed by atoms with E-state index in [2.05, 4.69) is 4.99 Å². The summed E-state index contributed by atoms with van der Waals surface area (Å²) < 4.78 is 10.7. The number of rotatable bonds is 2. The zero-order valence-corrected chi connectivity index (χ0v) is 10.9. The van der Waals surface area contributed by atoms with Crippen molar-refractivity contribution in [3.63, 3.8) is 0 Å². The van der Waals surface area contributed by atoms with Gasteiger partial charge in [0.05, 0.1) is 12.7 Å². The van der Waals surface area contributed by atoms with Gasteiger partial charge in [-0.3, -0.25) is 4.79 Å². The molecule has 0 bridgehead atoms. The van der Waals surface area contributed by atoms with E-state index in [9.17, 15) is 9.90 Å². The van der Waals surface area contributed by atoms with Crippen LogP contribution in [0.2, 0.25) is 0 Å². The van der Waals surface area contributed by atoms with Gasteiger partial charge < -0.3 is 14.6 Å². The van der Waals surface area contributed by atoms with Gasteiger partial charge in [0.2, 0.25) is 5.88 Å². The first kappa shape index (κ1) is 12.5. The van der Waals surface area contributed by atoms with Crippen molar-refractivity contribution < 1.29 is 19.4 Å². The minimum Gasteiger partial charge on any atom is -0.504 e. The summed E-state index contributed by atoms with van der Waals surface area (Å²) in [6.07, 6.45) is 4.23. The number of benzene rings is 1. The molecule has 0 atom stereocenters. The molecule has 5 nitrogen and oxygen atoms in total. The fourth-order valence-corrected chi connectivity index (χ4v) is 2.17. The molecule has 102 valence electrons. The van der Waals surface area contributed by atoms with E-state index in [-0.39, 0.29) is 11.5 Å². The number of hydrogen-bond acceptors (Lipinski definition) is 5. The molecule has 1 aromatic carbocycles. The van der Waals surface area contributed by atoms with Gasteiger partial charge in [0.15, 0.2) is 17.3 Å². The molecule has 0 spiro atoms. The smallest absolute Gasteiger partial charge is 0.226 e. The fraction of sp³-hybridized carbons (Fsp3) is 0.200.